The van der Waals surface area contributed by atoms with Gasteiger partial charge >= 0.3 is 20.1 Å². The fraction of sp³-hybridized carbons (Fsp3) is 0. The second-order valence-electron chi connectivity index (χ2n) is 8.71. The van der Waals surface area contributed by atoms with Crippen molar-refractivity contribution in [2.45, 2.75) is 0 Å². The summed E-state index contributed by atoms with van der Waals surface area (Å²) in [5.41, 5.74) is 0.986. The molecule has 0 N–H and O–H groups in total. The molecule has 3 aromatic heterocycles. The molecule has 0 atom stereocenters. The molecular weight excluding hydrogens is 797 g/mol. The molecule has 7 aromatic rings. The van der Waals surface area contributed by atoms with Crippen LogP contribution in [0.25, 0.3) is 33.4 Å². The van der Waals surface area contributed by atoms with Gasteiger partial charge in [0, 0.05) is 29.2 Å². The quantitative estimate of drug-likeness (QED) is 0.144. The van der Waals surface area contributed by atoms with Crippen molar-refractivity contribution in [3.8, 4) is 11.4 Å². The van der Waals surface area contributed by atoms with Crippen molar-refractivity contribution in [1.82, 2.24) is 35.0 Å². The van der Waals surface area contributed by atoms with E-state index in [1.807, 2.05) is 12.1 Å². The molecule has 46 heavy (non-hydrogen) atoms. The molecule has 4 aromatic carbocycles. The van der Waals surface area contributed by atoms with Crippen LogP contribution >= 0.6 is 0 Å². The third-order valence-corrected chi connectivity index (χ3v) is 5.67. The molecule has 0 unspecified atom stereocenters. The molecule has 0 amide bonds. The summed E-state index contributed by atoms with van der Waals surface area (Å²) in [6, 6.07) is 23.1. The van der Waals surface area contributed by atoms with Gasteiger partial charge in [0.25, 0.3) is 0 Å². The number of carbonyl (C=O) groups is 1. The average molecular weight is 811 g/mol. The summed E-state index contributed by atoms with van der Waals surface area (Å²) in [5.74, 6) is -8.34. The number of rotatable bonds is 3. The maximum atomic E-state index is 13.5. The number of hydrogen-bond donors (Lipinski definition) is 0. The van der Waals surface area contributed by atoms with E-state index in [2.05, 4.69) is 25.4 Å². The first-order valence-corrected chi connectivity index (χ1v) is 12.5. The third-order valence-electron chi connectivity index (χ3n) is 5.67. The molecule has 0 aliphatic rings. The van der Waals surface area contributed by atoms with Crippen LogP contribution in [0.2, 0.25) is 0 Å². The molecule has 0 saturated heterocycles. The number of hydrogen-bond acceptors (Lipinski definition) is 7. The number of carbonyl (C=O) groups excluding carboxylic acids is 1. The topological polar surface area (TPSA) is 114 Å². The molecule has 0 fully saturated rings. The Morgan fingerprint density at radius 3 is 1.28 bits per heavy atom. The van der Waals surface area contributed by atoms with E-state index < -0.39 is 52.2 Å². The van der Waals surface area contributed by atoms with Gasteiger partial charge in [-0.25, -0.2) is 17.6 Å². The Bertz CT molecular complexity index is 1950. The first-order valence-electron chi connectivity index (χ1n) is 12.5. The Balaban J connectivity index is 0.000000164. The normalized spacial score (nSPS) is 10.4. The summed E-state index contributed by atoms with van der Waals surface area (Å²) < 4.78 is 79.2. The smallest absolute Gasteiger partial charge is 0.543 e. The molecule has 232 valence electrons. The Morgan fingerprint density at radius 1 is 0.609 bits per heavy atom. The molecule has 9 nitrogen and oxygen atoms in total. The molecule has 0 aliphatic heterocycles. The van der Waals surface area contributed by atoms with Crippen molar-refractivity contribution in [3.05, 3.63) is 138 Å². The van der Waals surface area contributed by atoms with Gasteiger partial charge in [-0.1, -0.05) is 42.5 Å². The Labute approximate surface area is 268 Å². The monoisotopic (exact) mass is 811 g/mol. The van der Waals surface area contributed by atoms with E-state index in [1.54, 1.807) is 60.7 Å². The maximum absolute atomic E-state index is 13.5. The van der Waals surface area contributed by atoms with Gasteiger partial charge < -0.3 is 9.90 Å². The molecule has 16 heteroatoms. The average Bonchev–Trinajstić information content (AvgIpc) is 3.66. The van der Waals surface area contributed by atoms with Crippen LogP contribution in [0.5, 0.6) is 0 Å². The SMILES string of the molecule is Fc1[c-]c(-n2nc3ccccc3n2)c(F)c(F)c1.Fc1[c-]c(-n2nc3ccccc3n2)c(F)c(F)c1.O=C([O-])c1ccccn1.[Ir+3]. The van der Waals surface area contributed by atoms with Gasteiger partial charge in [0.2, 0.25) is 0 Å². The van der Waals surface area contributed by atoms with Crippen LogP contribution in [0.1, 0.15) is 10.5 Å². The van der Waals surface area contributed by atoms with Gasteiger partial charge in [-0.15, -0.1) is 12.1 Å². The standard InChI is InChI=1S/2C12H5F3N3.C6H5NO2.Ir/c2*13-7-5-8(14)12(15)11(6-7)18-16-9-3-1-2-4-10(9)17-18;8-6(9)5-3-1-2-4-7-5;/h2*1-5H;1-4H,(H,8,9);/q2*-1;;+3/p-1. The van der Waals surface area contributed by atoms with Crippen LogP contribution in [0.4, 0.5) is 26.3 Å². The van der Waals surface area contributed by atoms with Gasteiger partial charge in [-0.3, -0.25) is 13.8 Å². The van der Waals surface area contributed by atoms with E-state index >= 15 is 0 Å². The number of pyridine rings is 1. The van der Waals surface area contributed by atoms with E-state index in [0.717, 1.165) is 9.59 Å². The predicted octanol–water partition coefficient (Wildman–Crippen LogP) is 4.72. The summed E-state index contributed by atoms with van der Waals surface area (Å²) in [6.07, 6.45) is 1.41. The molecule has 0 radical (unpaired) electrons. The van der Waals surface area contributed by atoms with E-state index in [1.165, 1.54) is 12.3 Å². The minimum absolute atomic E-state index is 0. The number of halogens is 6. The van der Waals surface area contributed by atoms with Crippen molar-refractivity contribution in [1.29, 1.82) is 0 Å². The summed E-state index contributed by atoms with van der Waals surface area (Å²) in [4.78, 5) is 15.2. The Hall–Kier alpha value is -5.47. The van der Waals surface area contributed by atoms with E-state index in [9.17, 15) is 36.2 Å². The van der Waals surface area contributed by atoms with Crippen LogP contribution in [0, 0.1) is 47.0 Å². The molecule has 3 heterocycles. The largest absolute Gasteiger partial charge is 3.00 e. The Kier molecular flexibility index (Phi) is 10.6. The van der Waals surface area contributed by atoms with Crippen LogP contribution in [-0.4, -0.2) is 40.9 Å². The van der Waals surface area contributed by atoms with Gasteiger partial charge in [-0.05, 0) is 36.4 Å². The summed E-state index contributed by atoms with van der Waals surface area (Å²) >= 11 is 0. The van der Waals surface area contributed by atoms with Crippen molar-refractivity contribution in [2.75, 3.05) is 0 Å². The number of aromatic carboxylic acids is 1. The molecule has 0 spiro atoms. The van der Waals surface area contributed by atoms with Crippen LogP contribution in [0.3, 0.4) is 0 Å². The number of aromatic nitrogens is 7. The zero-order chi connectivity index (χ0) is 32.1. The van der Waals surface area contributed by atoms with Crippen LogP contribution < -0.4 is 5.11 Å². The summed E-state index contributed by atoms with van der Waals surface area (Å²) in [7, 11) is 0. The number of fused-ring (bicyclic) bond motifs is 2. The predicted molar refractivity (Wildman–Crippen MR) is 144 cm³/mol. The number of carboxylic acids is 1. The van der Waals surface area contributed by atoms with Crippen LogP contribution in [-0.2, 0) is 20.1 Å². The summed E-state index contributed by atoms with van der Waals surface area (Å²) in [6.45, 7) is 0. The molecule has 0 bridgehead atoms. The molecular formula is C30H14F6IrN7O2. The number of carboxylic acid groups (broad SMARTS) is 1. The van der Waals surface area contributed by atoms with Crippen molar-refractivity contribution < 1.29 is 56.3 Å². The number of benzene rings is 4. The number of nitrogens with zero attached hydrogens (tertiary/aromatic N) is 7. The van der Waals surface area contributed by atoms with Gasteiger partial charge in [0.05, 0.1) is 34.9 Å². The van der Waals surface area contributed by atoms with Crippen LogP contribution in [0.15, 0.2) is 85.1 Å². The van der Waals surface area contributed by atoms with Gasteiger partial charge in [0.1, 0.15) is 22.1 Å². The second kappa shape index (κ2) is 14.5. The Morgan fingerprint density at radius 2 is 0.978 bits per heavy atom. The first-order chi connectivity index (χ1) is 21.6. The molecule has 0 saturated carbocycles. The molecule has 7 rings (SSSR count). The van der Waals surface area contributed by atoms with Gasteiger partial charge in [-0.2, -0.15) is 30.0 Å². The van der Waals surface area contributed by atoms with Crippen molar-refractivity contribution in [3.63, 3.8) is 0 Å². The van der Waals surface area contributed by atoms with Crippen molar-refractivity contribution in [2.24, 2.45) is 0 Å². The minimum Gasteiger partial charge on any atom is -0.543 e. The van der Waals surface area contributed by atoms with E-state index in [4.69, 9.17) is 0 Å². The zero-order valence-corrected chi connectivity index (χ0v) is 25.0. The fourth-order valence-corrected chi connectivity index (χ4v) is 3.66. The minimum atomic E-state index is -1.30. The fourth-order valence-electron chi connectivity index (χ4n) is 3.66. The third kappa shape index (κ3) is 7.59. The summed E-state index contributed by atoms with van der Waals surface area (Å²) in [5, 5.41) is 25.7. The van der Waals surface area contributed by atoms with Gasteiger partial charge in [0.15, 0.2) is 0 Å². The van der Waals surface area contributed by atoms with E-state index in [-0.39, 0.29) is 25.8 Å². The molecule has 0 aliphatic carbocycles. The zero-order valence-electron chi connectivity index (χ0n) is 22.6. The van der Waals surface area contributed by atoms with E-state index in [0.29, 0.717) is 34.2 Å². The maximum Gasteiger partial charge on any atom is 3.00 e. The van der Waals surface area contributed by atoms with Crippen molar-refractivity contribution >= 4 is 28.0 Å². The second-order valence-corrected chi connectivity index (χ2v) is 8.71. The first kappa shape index (κ1) is 33.4.